The number of hydrogen-bond acceptors (Lipinski definition) is 6. The van der Waals surface area contributed by atoms with Crippen LogP contribution in [0.4, 0.5) is 0 Å². The van der Waals surface area contributed by atoms with Crippen LogP contribution in [-0.4, -0.2) is 41.0 Å². The summed E-state index contributed by atoms with van der Waals surface area (Å²) in [7, 11) is -4.73. The third kappa shape index (κ3) is 25.7. The number of rotatable bonds is 24. The smallest absolute Gasteiger partial charge is 0.462 e. The normalized spacial score (nSPS) is 12.7. The fourth-order valence-electron chi connectivity index (χ4n) is 3.43. The molecule has 0 heterocycles. The van der Waals surface area contributed by atoms with Gasteiger partial charge < -0.3 is 33.1 Å². The Balaban J connectivity index is 4.14. The second-order valence-corrected chi connectivity index (χ2v) is 9.97. The molecule has 2 N–H and O–H groups in total. The molecule has 0 radical (unpaired) electrons. The molecule has 0 aliphatic heterocycles. The van der Waals surface area contributed by atoms with E-state index in [0.717, 1.165) is 70.6 Å². The Kier molecular flexibility index (Phi) is 22.4. The fraction of sp³-hybridized carbons (Fsp3) is 0.769. The minimum atomic E-state index is -4.73. The molecular weight excluding hydrogens is 471 g/mol. The van der Waals surface area contributed by atoms with E-state index in [2.05, 4.69) is 30.5 Å². The van der Waals surface area contributed by atoms with E-state index >= 15 is 0 Å². The van der Waals surface area contributed by atoms with Crippen molar-refractivity contribution in [1.82, 2.24) is 0 Å². The van der Waals surface area contributed by atoms with E-state index in [4.69, 9.17) is 19.3 Å². The second-order valence-electron chi connectivity index (χ2n) is 8.73. The van der Waals surface area contributed by atoms with Crippen molar-refractivity contribution < 1.29 is 37.9 Å². The predicted octanol–water partition coefficient (Wildman–Crippen LogP) is 6.41. The molecule has 0 aliphatic rings. The fourth-order valence-corrected chi connectivity index (χ4v) is 3.79. The van der Waals surface area contributed by atoms with Gasteiger partial charge in [-0.25, -0.2) is 4.57 Å². The molecule has 0 aromatic heterocycles. The van der Waals surface area contributed by atoms with Gasteiger partial charge in [0.25, 0.3) is 0 Å². The minimum Gasteiger partial charge on any atom is -0.462 e. The van der Waals surface area contributed by atoms with Gasteiger partial charge in [-0.2, -0.15) is 12.8 Å². The van der Waals surface area contributed by atoms with Gasteiger partial charge in [-0.1, -0.05) is 63.9 Å². The Morgan fingerprint density at radius 1 is 0.743 bits per heavy atom. The maximum atomic E-state index is 12.1. The van der Waals surface area contributed by atoms with Gasteiger partial charge >= 0.3 is 19.8 Å². The van der Waals surface area contributed by atoms with Crippen LogP contribution in [0.1, 0.15) is 109 Å². The van der Waals surface area contributed by atoms with Crippen molar-refractivity contribution in [2.75, 3.05) is 13.2 Å². The van der Waals surface area contributed by atoms with Crippen molar-refractivity contribution in [2.45, 2.75) is 115 Å². The maximum absolute atomic E-state index is 12.1. The van der Waals surface area contributed by atoms with Crippen molar-refractivity contribution in [3.63, 3.8) is 0 Å². The van der Waals surface area contributed by atoms with Crippen LogP contribution in [0.2, 0.25) is 0 Å². The van der Waals surface area contributed by atoms with E-state index in [1.54, 1.807) is 0 Å². The number of allylic oxidation sites excluding steroid dienone is 2. The van der Waals surface area contributed by atoms with Crippen molar-refractivity contribution in [3.05, 3.63) is 26.0 Å². The standard InChI is InChI=1S/C26H47O8P/c1-3-5-7-9-11-13-15-17-19-21-26(28)34-24(23-33-35(29,30)31)22-32-25(27)20-18-16-14-12-10-8-6-4-2/h5,7,24H,1-4,6,8-23H2,(H2,29,30,31)/q-2/b7-5-/t24-/m1/s1. The zero-order valence-electron chi connectivity index (χ0n) is 21.4. The Morgan fingerprint density at radius 3 is 1.86 bits per heavy atom. The molecule has 0 bridgehead atoms. The van der Waals surface area contributed by atoms with Crippen LogP contribution in [0.3, 0.4) is 0 Å². The zero-order valence-corrected chi connectivity index (χ0v) is 22.3. The largest absolute Gasteiger partial charge is 0.469 e. The number of phosphoric acid groups is 1. The van der Waals surface area contributed by atoms with E-state index in [0.29, 0.717) is 12.8 Å². The van der Waals surface area contributed by atoms with Gasteiger partial charge in [0.05, 0.1) is 6.61 Å². The molecule has 0 unspecified atom stereocenters. The van der Waals surface area contributed by atoms with Crippen LogP contribution in [0, 0.1) is 13.8 Å². The first kappa shape index (κ1) is 33.8. The number of esters is 2. The van der Waals surface area contributed by atoms with Gasteiger partial charge in [-0.3, -0.25) is 14.1 Å². The first-order chi connectivity index (χ1) is 16.8. The summed E-state index contributed by atoms with van der Waals surface area (Å²) in [5, 5.41) is 0. The number of phosphoric ester groups is 1. The van der Waals surface area contributed by atoms with Gasteiger partial charge in [0.1, 0.15) is 6.61 Å². The Bertz CT molecular complexity index is 602. The number of unbranched alkanes of at least 4 members (excludes halogenated alkanes) is 12. The predicted molar refractivity (Wildman–Crippen MR) is 137 cm³/mol. The highest BCUT2D eigenvalue weighted by atomic mass is 31.2. The Labute approximate surface area is 212 Å². The van der Waals surface area contributed by atoms with Crippen molar-refractivity contribution >= 4 is 19.8 Å². The molecule has 0 rings (SSSR count). The molecule has 0 amide bonds. The molecule has 0 spiro atoms. The van der Waals surface area contributed by atoms with Gasteiger partial charge in [0, 0.05) is 12.8 Å². The molecular formula is C26H47O8P-2. The van der Waals surface area contributed by atoms with Crippen LogP contribution in [0.15, 0.2) is 12.2 Å². The molecule has 0 aromatic carbocycles. The van der Waals surface area contributed by atoms with E-state index in [9.17, 15) is 14.2 Å². The second kappa shape index (κ2) is 23.2. The highest BCUT2D eigenvalue weighted by Crippen LogP contribution is 2.35. The van der Waals surface area contributed by atoms with Gasteiger partial charge in [0.15, 0.2) is 6.10 Å². The van der Waals surface area contributed by atoms with Gasteiger partial charge in [0.2, 0.25) is 0 Å². The number of carbonyl (C=O) groups is 2. The topological polar surface area (TPSA) is 119 Å². The van der Waals surface area contributed by atoms with Crippen molar-refractivity contribution in [2.24, 2.45) is 0 Å². The summed E-state index contributed by atoms with van der Waals surface area (Å²) in [6.07, 6.45) is 18.5. The minimum absolute atomic E-state index is 0.191. The maximum Gasteiger partial charge on any atom is 0.469 e. The molecule has 0 aliphatic carbocycles. The van der Waals surface area contributed by atoms with Crippen molar-refractivity contribution in [1.29, 1.82) is 0 Å². The first-order valence-electron chi connectivity index (χ1n) is 13.1. The van der Waals surface area contributed by atoms with Crippen LogP contribution < -0.4 is 0 Å². The summed E-state index contributed by atoms with van der Waals surface area (Å²) >= 11 is 0. The highest BCUT2D eigenvalue weighted by Gasteiger charge is 2.22. The van der Waals surface area contributed by atoms with Crippen LogP contribution in [0.25, 0.3) is 0 Å². The molecule has 0 fully saturated rings. The molecule has 206 valence electrons. The summed E-state index contributed by atoms with van der Waals surface area (Å²) in [4.78, 5) is 42.0. The summed E-state index contributed by atoms with van der Waals surface area (Å²) in [6.45, 7) is 6.73. The molecule has 9 heteroatoms. The molecule has 8 nitrogen and oxygen atoms in total. The first-order valence-corrected chi connectivity index (χ1v) is 14.6. The summed E-state index contributed by atoms with van der Waals surface area (Å²) in [5.41, 5.74) is 0. The lowest BCUT2D eigenvalue weighted by Gasteiger charge is -2.18. The molecule has 1 atom stereocenters. The lowest BCUT2D eigenvalue weighted by Crippen LogP contribution is -2.29. The van der Waals surface area contributed by atoms with Crippen LogP contribution in [0.5, 0.6) is 0 Å². The third-order valence-electron chi connectivity index (χ3n) is 5.37. The SMILES string of the molecule is [CH2-]C/C=C\CCCCCCCC(=O)O[C@H](COC(=O)CCCCCCCCC[CH2-])COP(=O)(O)O. The molecule has 0 saturated carbocycles. The van der Waals surface area contributed by atoms with Crippen LogP contribution in [-0.2, 0) is 28.2 Å². The molecule has 35 heavy (non-hydrogen) atoms. The van der Waals surface area contributed by atoms with Gasteiger partial charge in [-0.15, -0.1) is 6.08 Å². The lowest BCUT2D eigenvalue weighted by molar-refractivity contribution is -0.161. The van der Waals surface area contributed by atoms with Crippen molar-refractivity contribution in [3.8, 4) is 0 Å². The van der Waals surface area contributed by atoms with E-state index in [1.165, 1.54) is 12.8 Å². The lowest BCUT2D eigenvalue weighted by atomic mass is 10.1. The summed E-state index contributed by atoms with van der Waals surface area (Å²) in [6, 6.07) is 0. The highest BCUT2D eigenvalue weighted by molar-refractivity contribution is 7.46. The Morgan fingerprint density at radius 2 is 1.29 bits per heavy atom. The third-order valence-corrected chi connectivity index (χ3v) is 5.86. The van der Waals surface area contributed by atoms with E-state index in [1.807, 2.05) is 0 Å². The molecule has 0 aromatic rings. The number of hydrogen-bond donors (Lipinski definition) is 2. The van der Waals surface area contributed by atoms with Gasteiger partial charge in [-0.05, 0) is 25.7 Å². The van der Waals surface area contributed by atoms with E-state index in [-0.39, 0.29) is 19.4 Å². The number of carbonyl (C=O) groups excluding carboxylic acids is 2. The zero-order chi connectivity index (χ0) is 26.2. The monoisotopic (exact) mass is 518 g/mol. The summed E-state index contributed by atoms with van der Waals surface area (Å²) < 4.78 is 25.9. The average Bonchev–Trinajstić information content (AvgIpc) is 2.81. The average molecular weight is 519 g/mol. The number of ether oxygens (including phenoxy) is 2. The van der Waals surface area contributed by atoms with Crippen LogP contribution >= 0.6 is 7.82 Å². The summed E-state index contributed by atoms with van der Waals surface area (Å²) in [5.74, 6) is -0.929. The van der Waals surface area contributed by atoms with E-state index < -0.39 is 32.5 Å². The molecule has 0 saturated heterocycles. The quantitative estimate of drug-likeness (QED) is 0.0495. The Hall–Kier alpha value is -1.21.